The zero-order valence-corrected chi connectivity index (χ0v) is 19.3. The van der Waals surface area contributed by atoms with Gasteiger partial charge in [0.1, 0.15) is 5.75 Å². The van der Waals surface area contributed by atoms with Gasteiger partial charge in [0.05, 0.1) is 30.9 Å². The van der Waals surface area contributed by atoms with Crippen LogP contribution in [0.5, 0.6) is 5.75 Å². The number of rotatable bonds is 4. The molecule has 0 aliphatic carbocycles. The van der Waals surface area contributed by atoms with E-state index in [9.17, 15) is 13.6 Å². The number of carbonyl (C=O) groups excluding carboxylic acids is 1. The summed E-state index contributed by atoms with van der Waals surface area (Å²) in [6.45, 7) is 1.93. The number of nitrogens with zero attached hydrogens (tertiary/aromatic N) is 3. The first-order chi connectivity index (χ1) is 16.4. The summed E-state index contributed by atoms with van der Waals surface area (Å²) in [5, 5.41) is 0. The Balaban J connectivity index is 1.46. The van der Waals surface area contributed by atoms with E-state index < -0.39 is 11.6 Å². The van der Waals surface area contributed by atoms with E-state index in [1.54, 1.807) is 19.5 Å². The zero-order valence-electron chi connectivity index (χ0n) is 19.3. The number of imidazole rings is 1. The molecule has 2 aromatic carbocycles. The van der Waals surface area contributed by atoms with E-state index in [-0.39, 0.29) is 18.0 Å². The number of benzene rings is 2. The molecule has 1 aromatic heterocycles. The van der Waals surface area contributed by atoms with Crippen molar-refractivity contribution in [3.63, 3.8) is 0 Å². The van der Waals surface area contributed by atoms with Crippen LogP contribution in [0.1, 0.15) is 55.0 Å². The van der Waals surface area contributed by atoms with Gasteiger partial charge in [0.25, 0.3) is 5.91 Å². The summed E-state index contributed by atoms with van der Waals surface area (Å²) >= 11 is 0. The van der Waals surface area contributed by atoms with Crippen LogP contribution in [-0.2, 0) is 4.79 Å². The third-order valence-corrected chi connectivity index (χ3v) is 6.86. The molecule has 7 heteroatoms. The smallest absolute Gasteiger partial charge is 0.250 e. The molecule has 0 bridgehead atoms. The Morgan fingerprint density at radius 2 is 1.94 bits per heavy atom. The van der Waals surface area contributed by atoms with Crippen molar-refractivity contribution < 1.29 is 18.3 Å². The van der Waals surface area contributed by atoms with Crippen LogP contribution in [0.2, 0.25) is 0 Å². The number of halogens is 2. The quantitative estimate of drug-likeness (QED) is 0.462. The van der Waals surface area contributed by atoms with Crippen molar-refractivity contribution in [2.75, 3.05) is 7.11 Å². The molecular formula is C27H27F2N3O2. The van der Waals surface area contributed by atoms with Crippen molar-refractivity contribution in [1.29, 1.82) is 0 Å². The molecule has 2 aliphatic heterocycles. The van der Waals surface area contributed by atoms with Crippen molar-refractivity contribution in [3.05, 3.63) is 83.0 Å². The maximum atomic E-state index is 13.9. The molecule has 2 fully saturated rings. The second kappa shape index (κ2) is 9.05. The number of ether oxygens (including phenoxy) is 1. The number of aromatic nitrogens is 2. The van der Waals surface area contributed by atoms with Crippen molar-refractivity contribution in [3.8, 4) is 11.4 Å². The molecule has 0 N–H and O–H groups in total. The third kappa shape index (κ3) is 4.11. The first-order valence-corrected chi connectivity index (χ1v) is 11.6. The SMILES string of the molecule is COc1cc(C=C2CCC[C@H]3CC[C@@H](c4ccc(F)c(F)c4)N3C2=O)ccc1-n1cnc(C)c1. The Bertz CT molecular complexity index is 1270. The molecule has 0 unspecified atom stereocenters. The van der Waals surface area contributed by atoms with Crippen molar-refractivity contribution in [2.45, 2.75) is 51.1 Å². The minimum Gasteiger partial charge on any atom is -0.495 e. The second-order valence-electron chi connectivity index (χ2n) is 9.05. The van der Waals surface area contributed by atoms with Gasteiger partial charge < -0.3 is 14.2 Å². The molecule has 2 saturated heterocycles. The van der Waals surface area contributed by atoms with Crippen LogP contribution in [-0.4, -0.2) is 33.5 Å². The standard InChI is InChI=1S/C27H27F2N3O2/c1-17-15-31(16-30-17)25-10-6-18(13-26(25)34-2)12-20-4-3-5-21-8-11-24(32(21)27(20)33)19-7-9-22(28)23(29)14-19/h6-7,9-10,12-16,21,24H,3-5,8,11H2,1-2H3/t21-,24-/m0/s1. The predicted octanol–water partition coefficient (Wildman–Crippen LogP) is 5.77. The first-order valence-electron chi connectivity index (χ1n) is 11.6. The Labute approximate surface area is 197 Å². The summed E-state index contributed by atoms with van der Waals surface area (Å²) < 4.78 is 34.9. The van der Waals surface area contributed by atoms with Gasteiger partial charge in [-0.3, -0.25) is 4.79 Å². The largest absolute Gasteiger partial charge is 0.495 e. The van der Waals surface area contributed by atoms with E-state index in [1.165, 1.54) is 6.07 Å². The number of aryl methyl sites for hydroxylation is 1. The highest BCUT2D eigenvalue weighted by Crippen LogP contribution is 2.42. The third-order valence-electron chi connectivity index (χ3n) is 6.86. The molecule has 5 nitrogen and oxygen atoms in total. The van der Waals surface area contributed by atoms with Crippen LogP contribution < -0.4 is 4.74 Å². The highest BCUT2D eigenvalue weighted by Gasteiger charge is 2.40. The average Bonchev–Trinajstić information content (AvgIpc) is 3.42. The number of amides is 1. The number of methoxy groups -OCH3 is 1. The van der Waals surface area contributed by atoms with Gasteiger partial charge in [0.2, 0.25) is 0 Å². The van der Waals surface area contributed by atoms with Crippen molar-refractivity contribution in [1.82, 2.24) is 14.5 Å². The minimum atomic E-state index is -0.876. The maximum Gasteiger partial charge on any atom is 0.250 e. The Morgan fingerprint density at radius 3 is 2.68 bits per heavy atom. The highest BCUT2D eigenvalue weighted by molar-refractivity contribution is 5.98. The van der Waals surface area contributed by atoms with Crippen LogP contribution in [0.3, 0.4) is 0 Å². The first kappa shape index (κ1) is 22.3. The number of hydrogen-bond acceptors (Lipinski definition) is 3. The molecule has 2 atom stereocenters. The summed E-state index contributed by atoms with van der Waals surface area (Å²) in [5.41, 5.74) is 4.04. The van der Waals surface area contributed by atoms with Gasteiger partial charge in [-0.1, -0.05) is 12.1 Å². The molecule has 2 aliphatic rings. The van der Waals surface area contributed by atoms with E-state index in [0.717, 1.165) is 54.3 Å². The fourth-order valence-corrected chi connectivity index (χ4v) is 5.21. The van der Waals surface area contributed by atoms with Gasteiger partial charge in [-0.15, -0.1) is 0 Å². The predicted molar refractivity (Wildman–Crippen MR) is 126 cm³/mol. The summed E-state index contributed by atoms with van der Waals surface area (Å²) in [6.07, 6.45) is 9.72. The minimum absolute atomic E-state index is 0.0250. The number of carbonyl (C=O) groups is 1. The maximum absolute atomic E-state index is 13.9. The monoisotopic (exact) mass is 463 g/mol. The second-order valence-corrected chi connectivity index (χ2v) is 9.05. The Kier molecular flexibility index (Phi) is 5.94. The average molecular weight is 464 g/mol. The van der Waals surface area contributed by atoms with Gasteiger partial charge in [0, 0.05) is 17.8 Å². The molecule has 0 spiro atoms. The fraction of sp³-hybridized carbons (Fsp3) is 0.333. The van der Waals surface area contributed by atoms with Gasteiger partial charge in [-0.2, -0.15) is 0 Å². The lowest BCUT2D eigenvalue weighted by Gasteiger charge is -2.29. The van der Waals surface area contributed by atoms with Gasteiger partial charge in [0.15, 0.2) is 11.6 Å². The lowest BCUT2D eigenvalue weighted by molar-refractivity contribution is -0.129. The van der Waals surface area contributed by atoms with E-state index in [0.29, 0.717) is 17.7 Å². The van der Waals surface area contributed by atoms with Gasteiger partial charge in [-0.05, 0) is 80.5 Å². The lowest BCUT2D eigenvalue weighted by Crippen LogP contribution is -2.36. The van der Waals surface area contributed by atoms with Crippen molar-refractivity contribution in [2.24, 2.45) is 0 Å². The van der Waals surface area contributed by atoms with Crippen LogP contribution in [0.15, 0.2) is 54.5 Å². The van der Waals surface area contributed by atoms with E-state index in [4.69, 9.17) is 4.74 Å². The topological polar surface area (TPSA) is 47.4 Å². The van der Waals surface area contributed by atoms with E-state index in [2.05, 4.69) is 4.98 Å². The van der Waals surface area contributed by atoms with Crippen LogP contribution in [0.4, 0.5) is 8.78 Å². The highest BCUT2D eigenvalue weighted by atomic mass is 19.2. The van der Waals surface area contributed by atoms with E-state index in [1.807, 2.05) is 46.9 Å². The molecule has 3 heterocycles. The van der Waals surface area contributed by atoms with Crippen LogP contribution >= 0.6 is 0 Å². The number of fused-ring (bicyclic) bond motifs is 1. The van der Waals surface area contributed by atoms with Crippen LogP contribution in [0, 0.1) is 18.6 Å². The molecule has 5 rings (SSSR count). The van der Waals surface area contributed by atoms with Crippen LogP contribution in [0.25, 0.3) is 11.8 Å². The molecular weight excluding hydrogens is 436 g/mol. The molecule has 0 saturated carbocycles. The molecule has 3 aromatic rings. The summed E-state index contributed by atoms with van der Waals surface area (Å²) in [5.74, 6) is -1.09. The Hall–Kier alpha value is -3.48. The molecule has 1 amide bonds. The van der Waals surface area contributed by atoms with Crippen molar-refractivity contribution >= 4 is 12.0 Å². The summed E-state index contributed by atoms with van der Waals surface area (Å²) in [7, 11) is 1.62. The van der Waals surface area contributed by atoms with E-state index >= 15 is 0 Å². The van der Waals surface area contributed by atoms with Gasteiger partial charge in [-0.25, -0.2) is 13.8 Å². The molecule has 0 radical (unpaired) electrons. The molecule has 176 valence electrons. The normalized spacial score (nSPS) is 21.6. The fourth-order valence-electron chi connectivity index (χ4n) is 5.21. The summed E-state index contributed by atoms with van der Waals surface area (Å²) in [6, 6.07) is 9.69. The lowest BCUT2D eigenvalue weighted by atomic mass is 10.0. The van der Waals surface area contributed by atoms with Gasteiger partial charge >= 0.3 is 0 Å². The number of hydrogen-bond donors (Lipinski definition) is 0. The Morgan fingerprint density at radius 1 is 1.09 bits per heavy atom. The summed E-state index contributed by atoms with van der Waals surface area (Å²) in [4.78, 5) is 19.8. The molecule has 34 heavy (non-hydrogen) atoms. The zero-order chi connectivity index (χ0) is 23.8.